The molecule has 0 spiro atoms. The normalized spacial score (nSPS) is 9.33. The Labute approximate surface area is 49.9 Å². The molecule has 9 heavy (non-hydrogen) atoms. The molecule has 6 nitrogen and oxygen atoms in total. The average molecular weight is 128 g/mol. The van der Waals surface area contributed by atoms with Crippen molar-refractivity contribution in [3.63, 3.8) is 0 Å². The topological polar surface area (TPSA) is 97.8 Å². The van der Waals surface area contributed by atoms with Crippen LogP contribution in [0.5, 0.6) is 0 Å². The lowest BCUT2D eigenvalue weighted by Crippen LogP contribution is -1.93. The summed E-state index contributed by atoms with van der Waals surface area (Å²) < 4.78 is 0. The van der Waals surface area contributed by atoms with Gasteiger partial charge in [-0.25, -0.2) is 4.98 Å². The summed E-state index contributed by atoms with van der Waals surface area (Å²) in [6.45, 7) is 0. The molecule has 1 heterocycles. The first-order valence-corrected chi connectivity index (χ1v) is 2.15. The summed E-state index contributed by atoms with van der Waals surface area (Å²) in [4.78, 5) is 15.0. The molecule has 0 bridgehead atoms. The van der Waals surface area contributed by atoms with Gasteiger partial charge in [-0.3, -0.25) is 0 Å². The van der Waals surface area contributed by atoms with Crippen LogP contribution >= 0.6 is 0 Å². The Kier molecular flexibility index (Phi) is 1.07. The van der Waals surface area contributed by atoms with E-state index < -0.39 is 4.92 Å². The van der Waals surface area contributed by atoms with Crippen molar-refractivity contribution in [3.05, 3.63) is 16.4 Å². The molecule has 0 aliphatic carbocycles. The highest BCUT2D eigenvalue weighted by atomic mass is 16.6. The van der Waals surface area contributed by atoms with Gasteiger partial charge in [-0.15, -0.1) is 0 Å². The number of nitrogens with zero attached hydrogens (tertiary/aromatic N) is 2. The van der Waals surface area contributed by atoms with Gasteiger partial charge in [0.15, 0.2) is 6.33 Å². The van der Waals surface area contributed by atoms with Crippen molar-refractivity contribution in [2.45, 2.75) is 0 Å². The number of nitrogen functional groups attached to an aromatic ring is 1. The summed E-state index contributed by atoms with van der Waals surface area (Å²) in [6.07, 6.45) is 1.17. The molecule has 0 aliphatic heterocycles. The van der Waals surface area contributed by atoms with Crippen LogP contribution in [0.15, 0.2) is 6.33 Å². The third-order valence-corrected chi connectivity index (χ3v) is 0.830. The molecule has 0 aromatic carbocycles. The van der Waals surface area contributed by atoms with Gasteiger partial charge in [-0.1, -0.05) is 0 Å². The van der Waals surface area contributed by atoms with E-state index >= 15 is 0 Å². The molecule has 0 unspecified atom stereocenters. The maximum atomic E-state index is 9.94. The number of H-pyrrole nitrogens is 1. The van der Waals surface area contributed by atoms with Crippen molar-refractivity contribution in [2.24, 2.45) is 0 Å². The average Bonchev–Trinajstić information content (AvgIpc) is 2.13. The van der Waals surface area contributed by atoms with Crippen LogP contribution in [-0.2, 0) is 0 Å². The number of nitrogens with one attached hydrogen (secondary N) is 1. The first-order valence-electron chi connectivity index (χ1n) is 2.15. The van der Waals surface area contributed by atoms with Crippen LogP contribution in [0, 0.1) is 10.1 Å². The summed E-state index contributed by atoms with van der Waals surface area (Å²) in [5.41, 5.74) is 5.06. The van der Waals surface area contributed by atoms with E-state index in [1.165, 1.54) is 6.33 Å². The maximum absolute atomic E-state index is 9.94. The van der Waals surface area contributed by atoms with Gasteiger partial charge in [0.25, 0.3) is 0 Å². The fourth-order valence-electron chi connectivity index (χ4n) is 0.444. The predicted molar refractivity (Wildman–Crippen MR) is 29.7 cm³/mol. The second-order valence-electron chi connectivity index (χ2n) is 1.39. The molecular formula is C3H4N4O2. The standard InChI is InChI=1S/C3H4N4O2/c4-2-3(7(8)9)6-1-5-2/h1H,4H2,(H,5,6). The van der Waals surface area contributed by atoms with Gasteiger partial charge in [-0.2, -0.15) is 4.98 Å². The Balaban J connectivity index is 3.08. The number of imidazole rings is 1. The van der Waals surface area contributed by atoms with E-state index in [1.54, 1.807) is 0 Å². The first-order chi connectivity index (χ1) is 4.22. The summed E-state index contributed by atoms with van der Waals surface area (Å²) in [7, 11) is 0. The van der Waals surface area contributed by atoms with Crippen molar-refractivity contribution >= 4 is 11.6 Å². The second-order valence-corrected chi connectivity index (χ2v) is 1.39. The highest BCUT2D eigenvalue weighted by Crippen LogP contribution is 2.12. The number of rotatable bonds is 1. The number of nitrogens with two attached hydrogens (primary N) is 1. The van der Waals surface area contributed by atoms with Gasteiger partial charge < -0.3 is 15.8 Å². The van der Waals surface area contributed by atoms with Gasteiger partial charge in [0.1, 0.15) is 0 Å². The molecular weight excluding hydrogens is 124 g/mol. The van der Waals surface area contributed by atoms with E-state index in [0.717, 1.165) is 0 Å². The van der Waals surface area contributed by atoms with E-state index in [1.807, 2.05) is 0 Å². The second kappa shape index (κ2) is 1.73. The van der Waals surface area contributed by atoms with E-state index in [2.05, 4.69) is 9.97 Å². The van der Waals surface area contributed by atoms with E-state index in [0.29, 0.717) is 0 Å². The zero-order chi connectivity index (χ0) is 6.85. The first kappa shape index (κ1) is 5.54. The minimum atomic E-state index is -0.623. The Hall–Kier alpha value is -1.59. The molecule has 0 radical (unpaired) electrons. The Morgan fingerprint density at radius 3 is 2.78 bits per heavy atom. The van der Waals surface area contributed by atoms with Gasteiger partial charge in [0.2, 0.25) is 5.82 Å². The van der Waals surface area contributed by atoms with Crippen LogP contribution < -0.4 is 5.73 Å². The van der Waals surface area contributed by atoms with Gasteiger partial charge in [-0.05, 0) is 4.92 Å². The SMILES string of the molecule is Nc1nc[nH]c1[N+](=O)[O-]. The number of nitro groups is 1. The largest absolute Gasteiger partial charge is 0.377 e. The third-order valence-electron chi connectivity index (χ3n) is 0.830. The molecule has 0 atom stereocenters. The highest BCUT2D eigenvalue weighted by Gasteiger charge is 2.09. The van der Waals surface area contributed by atoms with Crippen molar-refractivity contribution in [2.75, 3.05) is 5.73 Å². The Bertz CT molecular complexity index is 229. The summed E-state index contributed by atoms with van der Waals surface area (Å²) in [6, 6.07) is 0. The van der Waals surface area contributed by atoms with E-state index in [-0.39, 0.29) is 11.6 Å². The van der Waals surface area contributed by atoms with Gasteiger partial charge in [0.05, 0.1) is 0 Å². The lowest BCUT2D eigenvalue weighted by Gasteiger charge is -1.87. The maximum Gasteiger partial charge on any atom is 0.364 e. The van der Waals surface area contributed by atoms with E-state index in [9.17, 15) is 10.1 Å². The lowest BCUT2D eigenvalue weighted by molar-refractivity contribution is -0.388. The summed E-state index contributed by atoms with van der Waals surface area (Å²) >= 11 is 0. The minimum Gasteiger partial charge on any atom is -0.377 e. The molecule has 0 saturated carbocycles. The molecule has 3 N–H and O–H groups in total. The summed E-state index contributed by atoms with van der Waals surface area (Å²) in [5.74, 6) is -0.338. The van der Waals surface area contributed by atoms with Crippen molar-refractivity contribution < 1.29 is 4.92 Å². The smallest absolute Gasteiger partial charge is 0.364 e. The number of hydrogen-bond donors (Lipinski definition) is 2. The molecule has 48 valence electrons. The van der Waals surface area contributed by atoms with E-state index in [4.69, 9.17) is 5.73 Å². The molecule has 6 heteroatoms. The molecule has 1 rings (SSSR count). The molecule has 0 saturated heterocycles. The Morgan fingerprint density at radius 2 is 2.56 bits per heavy atom. The predicted octanol–water partition coefficient (Wildman–Crippen LogP) is -0.0999. The highest BCUT2D eigenvalue weighted by molar-refractivity contribution is 5.45. The van der Waals surface area contributed by atoms with Crippen LogP contribution in [0.1, 0.15) is 0 Å². The lowest BCUT2D eigenvalue weighted by atomic mass is 10.7. The number of aromatic amines is 1. The number of anilines is 1. The van der Waals surface area contributed by atoms with Crippen LogP contribution in [-0.4, -0.2) is 14.9 Å². The molecule has 0 aliphatic rings. The van der Waals surface area contributed by atoms with Gasteiger partial charge in [0, 0.05) is 0 Å². The minimum absolute atomic E-state index is 0.0833. The van der Waals surface area contributed by atoms with Gasteiger partial charge >= 0.3 is 5.82 Å². The molecule has 0 amide bonds. The van der Waals surface area contributed by atoms with Crippen molar-refractivity contribution in [1.29, 1.82) is 0 Å². The van der Waals surface area contributed by atoms with Crippen LogP contribution in [0.3, 0.4) is 0 Å². The molecule has 1 aromatic heterocycles. The molecule has 1 aromatic rings. The van der Waals surface area contributed by atoms with Crippen LogP contribution in [0.25, 0.3) is 0 Å². The van der Waals surface area contributed by atoms with Crippen LogP contribution in [0.4, 0.5) is 11.6 Å². The number of aromatic nitrogens is 2. The zero-order valence-corrected chi connectivity index (χ0v) is 4.37. The third kappa shape index (κ3) is 0.809. The monoisotopic (exact) mass is 128 g/mol. The fourth-order valence-corrected chi connectivity index (χ4v) is 0.444. The van der Waals surface area contributed by atoms with Crippen molar-refractivity contribution in [3.8, 4) is 0 Å². The van der Waals surface area contributed by atoms with Crippen LogP contribution in [0.2, 0.25) is 0 Å². The number of hydrogen-bond acceptors (Lipinski definition) is 4. The summed E-state index contributed by atoms with van der Waals surface area (Å²) in [5, 5.41) is 9.94. The fraction of sp³-hybridized carbons (Fsp3) is 0. The Morgan fingerprint density at radius 1 is 1.89 bits per heavy atom. The quantitative estimate of drug-likeness (QED) is 0.407. The molecule has 0 fully saturated rings. The van der Waals surface area contributed by atoms with Crippen molar-refractivity contribution in [1.82, 2.24) is 9.97 Å². The zero-order valence-electron chi connectivity index (χ0n) is 4.37.